The summed E-state index contributed by atoms with van der Waals surface area (Å²) in [6.45, 7) is 0. The lowest BCUT2D eigenvalue weighted by Crippen LogP contribution is -2.05. The summed E-state index contributed by atoms with van der Waals surface area (Å²) in [5.41, 5.74) is 0.196. The number of methoxy groups -OCH3 is 1. The molecule has 17 heavy (non-hydrogen) atoms. The Balaban J connectivity index is 2.19. The highest BCUT2D eigenvalue weighted by atomic mass is 32.2. The maximum Gasteiger partial charge on any atom is 0.358 e. The number of nitrogens with zero attached hydrogens (tertiary/aromatic N) is 4. The highest BCUT2D eigenvalue weighted by molar-refractivity contribution is 7.99. The van der Waals surface area contributed by atoms with Gasteiger partial charge in [0.05, 0.1) is 30.6 Å². The Bertz CT molecular complexity index is 541. The number of rotatable bonds is 3. The molecule has 2 rings (SSSR count). The van der Waals surface area contributed by atoms with Crippen molar-refractivity contribution in [3.8, 4) is 0 Å². The van der Waals surface area contributed by atoms with Crippen molar-refractivity contribution in [3.05, 3.63) is 30.5 Å². The zero-order valence-electron chi connectivity index (χ0n) is 9.32. The van der Waals surface area contributed by atoms with E-state index in [-0.39, 0.29) is 5.69 Å². The van der Waals surface area contributed by atoms with Gasteiger partial charge in [-0.3, -0.25) is 9.67 Å². The normalized spacial score (nSPS) is 10.2. The van der Waals surface area contributed by atoms with Gasteiger partial charge in [0.2, 0.25) is 0 Å². The van der Waals surface area contributed by atoms with E-state index in [2.05, 4.69) is 19.8 Å². The van der Waals surface area contributed by atoms with Gasteiger partial charge in [0.15, 0.2) is 5.69 Å². The molecule has 0 aliphatic carbocycles. The Morgan fingerprint density at radius 1 is 1.41 bits per heavy atom. The van der Waals surface area contributed by atoms with Crippen LogP contribution in [0.4, 0.5) is 0 Å². The third kappa shape index (κ3) is 2.82. The van der Waals surface area contributed by atoms with Gasteiger partial charge in [0.1, 0.15) is 5.03 Å². The monoisotopic (exact) mass is 250 g/mol. The van der Waals surface area contributed by atoms with E-state index in [0.29, 0.717) is 5.03 Å². The third-order valence-corrected chi connectivity index (χ3v) is 2.76. The zero-order chi connectivity index (χ0) is 12.3. The maximum absolute atomic E-state index is 11.3. The summed E-state index contributed by atoms with van der Waals surface area (Å²) in [5.74, 6) is -0.494. The predicted molar refractivity (Wildman–Crippen MR) is 60.7 cm³/mol. The summed E-state index contributed by atoms with van der Waals surface area (Å²) in [5, 5.41) is 4.67. The summed E-state index contributed by atoms with van der Waals surface area (Å²) in [4.78, 5) is 20.3. The summed E-state index contributed by atoms with van der Waals surface area (Å²) < 4.78 is 6.27. The molecule has 0 atom stereocenters. The number of esters is 1. The van der Waals surface area contributed by atoms with E-state index >= 15 is 0 Å². The van der Waals surface area contributed by atoms with Crippen LogP contribution in [0.2, 0.25) is 0 Å². The molecule has 2 aromatic heterocycles. The minimum absolute atomic E-state index is 0.196. The molecule has 88 valence electrons. The first-order valence-corrected chi connectivity index (χ1v) is 5.57. The Kier molecular flexibility index (Phi) is 3.38. The van der Waals surface area contributed by atoms with Crippen LogP contribution >= 0.6 is 11.8 Å². The molecule has 0 N–H and O–H groups in total. The summed E-state index contributed by atoms with van der Waals surface area (Å²) in [6.07, 6.45) is 6.54. The van der Waals surface area contributed by atoms with Crippen molar-refractivity contribution in [2.45, 2.75) is 9.92 Å². The minimum atomic E-state index is -0.494. The quantitative estimate of drug-likeness (QED) is 0.761. The first-order chi connectivity index (χ1) is 8.19. The molecule has 0 aromatic carbocycles. The number of carbonyl (C=O) groups is 1. The third-order valence-electron chi connectivity index (χ3n) is 1.91. The van der Waals surface area contributed by atoms with Crippen LogP contribution in [0.1, 0.15) is 10.5 Å². The van der Waals surface area contributed by atoms with Crippen LogP contribution in [0.25, 0.3) is 0 Å². The molecule has 2 heterocycles. The molecule has 0 unspecified atom stereocenters. The number of aryl methyl sites for hydroxylation is 1. The van der Waals surface area contributed by atoms with Gasteiger partial charge < -0.3 is 4.74 Å². The number of carbonyl (C=O) groups excluding carboxylic acids is 1. The van der Waals surface area contributed by atoms with Gasteiger partial charge in [-0.2, -0.15) is 5.10 Å². The molecule has 7 heteroatoms. The Labute approximate surface area is 102 Å². The van der Waals surface area contributed by atoms with Crippen molar-refractivity contribution in [1.29, 1.82) is 0 Å². The largest absolute Gasteiger partial charge is 0.464 e. The average Bonchev–Trinajstić information content (AvgIpc) is 2.74. The molecule has 0 aliphatic heterocycles. The molecule has 2 aromatic rings. The van der Waals surface area contributed by atoms with Gasteiger partial charge in [-0.25, -0.2) is 9.78 Å². The van der Waals surface area contributed by atoms with Gasteiger partial charge in [-0.05, 0) is 0 Å². The molecule has 0 radical (unpaired) electrons. The smallest absolute Gasteiger partial charge is 0.358 e. The van der Waals surface area contributed by atoms with E-state index in [1.807, 2.05) is 13.2 Å². The Morgan fingerprint density at radius 2 is 2.24 bits per heavy atom. The second-order valence-electron chi connectivity index (χ2n) is 3.19. The van der Waals surface area contributed by atoms with Crippen molar-refractivity contribution < 1.29 is 9.53 Å². The van der Waals surface area contributed by atoms with E-state index in [1.165, 1.54) is 25.1 Å². The SMILES string of the molecule is COC(=O)c1cncc(Sc2cnn(C)c2)n1. The molecule has 0 aliphatic rings. The topological polar surface area (TPSA) is 69.9 Å². The molecule has 0 spiro atoms. The first-order valence-electron chi connectivity index (χ1n) is 4.76. The average molecular weight is 250 g/mol. The maximum atomic E-state index is 11.3. The lowest BCUT2D eigenvalue weighted by atomic mass is 10.5. The molecule has 0 fully saturated rings. The molecular weight excluding hydrogens is 240 g/mol. The van der Waals surface area contributed by atoms with Crippen LogP contribution in [0, 0.1) is 0 Å². The number of ether oxygens (including phenoxy) is 1. The fourth-order valence-electron chi connectivity index (χ4n) is 1.17. The summed E-state index contributed by atoms with van der Waals surface area (Å²) in [6, 6.07) is 0. The predicted octanol–water partition coefficient (Wildman–Crippen LogP) is 1.15. The number of hydrogen-bond donors (Lipinski definition) is 0. The highest BCUT2D eigenvalue weighted by Crippen LogP contribution is 2.24. The minimum Gasteiger partial charge on any atom is -0.464 e. The highest BCUT2D eigenvalue weighted by Gasteiger charge is 2.09. The van der Waals surface area contributed by atoms with E-state index in [0.717, 1.165) is 4.90 Å². The van der Waals surface area contributed by atoms with Gasteiger partial charge in [-0.1, -0.05) is 11.8 Å². The van der Waals surface area contributed by atoms with Crippen LogP contribution in [0.3, 0.4) is 0 Å². The van der Waals surface area contributed by atoms with Gasteiger partial charge >= 0.3 is 5.97 Å². The van der Waals surface area contributed by atoms with E-state index in [9.17, 15) is 4.79 Å². The molecule has 6 nitrogen and oxygen atoms in total. The van der Waals surface area contributed by atoms with Gasteiger partial charge in [0, 0.05) is 13.2 Å². The number of aromatic nitrogens is 4. The number of hydrogen-bond acceptors (Lipinski definition) is 6. The first kappa shape index (κ1) is 11.6. The molecule has 0 bridgehead atoms. The molecule has 0 saturated heterocycles. The van der Waals surface area contributed by atoms with Crippen LogP contribution in [-0.4, -0.2) is 32.8 Å². The van der Waals surface area contributed by atoms with E-state index in [4.69, 9.17) is 0 Å². The second-order valence-corrected chi connectivity index (χ2v) is 4.28. The van der Waals surface area contributed by atoms with Crippen LogP contribution in [0.15, 0.2) is 34.7 Å². The standard InChI is InChI=1S/C10H10N4O2S/c1-14-6-7(3-12-14)17-9-5-11-4-8(13-9)10(15)16-2/h3-6H,1-2H3. The van der Waals surface area contributed by atoms with Crippen molar-refractivity contribution in [2.75, 3.05) is 7.11 Å². The molecular formula is C10H10N4O2S. The van der Waals surface area contributed by atoms with E-state index < -0.39 is 5.97 Å². The fraction of sp³-hybridized carbons (Fsp3) is 0.200. The summed E-state index contributed by atoms with van der Waals surface area (Å²) in [7, 11) is 3.14. The second kappa shape index (κ2) is 4.96. The zero-order valence-corrected chi connectivity index (χ0v) is 10.1. The Hall–Kier alpha value is -1.89. The van der Waals surface area contributed by atoms with Crippen molar-refractivity contribution in [3.63, 3.8) is 0 Å². The lowest BCUT2D eigenvalue weighted by molar-refractivity contribution is 0.0592. The van der Waals surface area contributed by atoms with Crippen molar-refractivity contribution >= 4 is 17.7 Å². The van der Waals surface area contributed by atoms with Crippen molar-refractivity contribution in [2.24, 2.45) is 7.05 Å². The molecule has 0 amide bonds. The van der Waals surface area contributed by atoms with Crippen molar-refractivity contribution in [1.82, 2.24) is 19.7 Å². The van der Waals surface area contributed by atoms with E-state index in [1.54, 1.807) is 17.1 Å². The molecule has 0 saturated carbocycles. The fourth-order valence-corrected chi connectivity index (χ4v) is 1.98. The van der Waals surface area contributed by atoms with Crippen LogP contribution in [-0.2, 0) is 11.8 Å². The van der Waals surface area contributed by atoms with Gasteiger partial charge in [0.25, 0.3) is 0 Å². The van der Waals surface area contributed by atoms with Gasteiger partial charge in [-0.15, -0.1) is 0 Å². The summed E-state index contributed by atoms with van der Waals surface area (Å²) >= 11 is 1.39. The Morgan fingerprint density at radius 3 is 2.88 bits per heavy atom. The van der Waals surface area contributed by atoms with Crippen LogP contribution in [0.5, 0.6) is 0 Å². The lowest BCUT2D eigenvalue weighted by Gasteiger charge is -2.00. The van der Waals surface area contributed by atoms with Crippen LogP contribution < -0.4 is 0 Å².